The lowest BCUT2D eigenvalue weighted by Crippen LogP contribution is -2.16. The number of benzene rings is 2. The minimum absolute atomic E-state index is 0.0448. The summed E-state index contributed by atoms with van der Waals surface area (Å²) in [6, 6.07) is 9.93. The van der Waals surface area contributed by atoms with Crippen LogP contribution in [0.1, 0.15) is 15.9 Å². The van der Waals surface area contributed by atoms with Crippen molar-refractivity contribution in [3.63, 3.8) is 0 Å². The smallest absolute Gasteiger partial charge is 0.310 e. The van der Waals surface area contributed by atoms with Gasteiger partial charge in [-0.1, -0.05) is 35.3 Å². The molecule has 6 heteroatoms. The largest absolute Gasteiger partial charge is 0.457 e. The number of hydrogen-bond acceptors (Lipinski definition) is 3. The number of Topliss-reactive ketones (excluding diaryl/α,β-unsaturated/α-hetero) is 1. The molecule has 0 saturated carbocycles. The average molecular weight is 341 g/mol. The van der Waals surface area contributed by atoms with E-state index in [0.717, 1.165) is 0 Å². The molecule has 0 unspecified atom stereocenters. The van der Waals surface area contributed by atoms with E-state index < -0.39 is 18.4 Å². The van der Waals surface area contributed by atoms with Crippen LogP contribution in [0.25, 0.3) is 0 Å². The standard InChI is InChI=1S/C16H11Cl2FO3/c17-11-3-6-14(18)13(8-11)15(20)9-22-16(21)7-10-1-4-12(19)5-2-10/h1-6,8H,7,9H2. The summed E-state index contributed by atoms with van der Waals surface area (Å²) in [6.45, 7) is -0.430. The molecule has 0 aromatic heterocycles. The molecule has 0 saturated heterocycles. The second kappa shape index (κ2) is 7.38. The summed E-state index contributed by atoms with van der Waals surface area (Å²) in [7, 11) is 0. The number of ether oxygens (including phenoxy) is 1. The number of halogens is 3. The van der Waals surface area contributed by atoms with Crippen molar-refractivity contribution in [2.24, 2.45) is 0 Å². The van der Waals surface area contributed by atoms with Gasteiger partial charge in [-0.05, 0) is 35.9 Å². The van der Waals surface area contributed by atoms with Crippen molar-refractivity contribution in [2.75, 3.05) is 6.61 Å². The number of hydrogen-bond donors (Lipinski definition) is 0. The Labute approximate surface area is 136 Å². The number of carbonyl (C=O) groups is 2. The monoisotopic (exact) mass is 340 g/mol. The van der Waals surface area contributed by atoms with Gasteiger partial charge in [-0.3, -0.25) is 9.59 Å². The Bertz CT molecular complexity index is 699. The van der Waals surface area contributed by atoms with Gasteiger partial charge in [0.05, 0.1) is 11.4 Å². The van der Waals surface area contributed by atoms with Gasteiger partial charge in [0.15, 0.2) is 6.61 Å². The lowest BCUT2D eigenvalue weighted by atomic mass is 10.1. The Balaban J connectivity index is 1.91. The van der Waals surface area contributed by atoms with Crippen molar-refractivity contribution in [3.05, 3.63) is 69.5 Å². The van der Waals surface area contributed by atoms with Gasteiger partial charge in [0, 0.05) is 10.6 Å². The van der Waals surface area contributed by atoms with Crippen molar-refractivity contribution in [2.45, 2.75) is 6.42 Å². The zero-order chi connectivity index (χ0) is 16.1. The third-order valence-electron chi connectivity index (χ3n) is 2.85. The molecular weight excluding hydrogens is 330 g/mol. The van der Waals surface area contributed by atoms with Crippen LogP contribution in [0.4, 0.5) is 4.39 Å². The Morgan fingerprint density at radius 3 is 2.41 bits per heavy atom. The fourth-order valence-electron chi connectivity index (χ4n) is 1.75. The Morgan fingerprint density at radius 2 is 1.73 bits per heavy atom. The summed E-state index contributed by atoms with van der Waals surface area (Å²) in [5.41, 5.74) is 0.795. The molecule has 0 heterocycles. The van der Waals surface area contributed by atoms with Crippen LogP contribution in [0.5, 0.6) is 0 Å². The number of carbonyl (C=O) groups excluding carboxylic acids is 2. The van der Waals surface area contributed by atoms with Crippen LogP contribution >= 0.6 is 23.2 Å². The Kier molecular flexibility index (Phi) is 5.52. The van der Waals surface area contributed by atoms with Crippen LogP contribution in [-0.4, -0.2) is 18.4 Å². The van der Waals surface area contributed by atoms with E-state index in [0.29, 0.717) is 10.6 Å². The number of ketones is 1. The van der Waals surface area contributed by atoms with Crippen molar-refractivity contribution in [3.8, 4) is 0 Å². The highest BCUT2D eigenvalue weighted by Crippen LogP contribution is 2.21. The minimum atomic E-state index is -0.585. The highest BCUT2D eigenvalue weighted by atomic mass is 35.5. The molecule has 0 N–H and O–H groups in total. The van der Waals surface area contributed by atoms with Crippen molar-refractivity contribution < 1.29 is 18.7 Å². The van der Waals surface area contributed by atoms with Crippen LogP contribution in [-0.2, 0) is 16.0 Å². The topological polar surface area (TPSA) is 43.4 Å². The summed E-state index contributed by atoms with van der Waals surface area (Å²) < 4.78 is 17.7. The highest BCUT2D eigenvalue weighted by Gasteiger charge is 2.14. The van der Waals surface area contributed by atoms with E-state index in [1.54, 1.807) is 6.07 Å². The second-order valence-corrected chi connectivity index (χ2v) is 5.35. The fraction of sp³-hybridized carbons (Fsp3) is 0.125. The molecule has 3 nitrogen and oxygen atoms in total. The lowest BCUT2D eigenvalue weighted by Gasteiger charge is -2.06. The van der Waals surface area contributed by atoms with Crippen LogP contribution in [0.2, 0.25) is 10.0 Å². The van der Waals surface area contributed by atoms with E-state index in [4.69, 9.17) is 27.9 Å². The van der Waals surface area contributed by atoms with Crippen molar-refractivity contribution >= 4 is 35.0 Å². The molecule has 0 aliphatic heterocycles. The maximum atomic E-state index is 12.8. The zero-order valence-corrected chi connectivity index (χ0v) is 12.8. The van der Waals surface area contributed by atoms with E-state index >= 15 is 0 Å². The molecule has 0 bridgehead atoms. The van der Waals surface area contributed by atoms with Crippen LogP contribution in [0.3, 0.4) is 0 Å². The maximum Gasteiger partial charge on any atom is 0.310 e. The van der Waals surface area contributed by atoms with Crippen molar-refractivity contribution in [1.82, 2.24) is 0 Å². The lowest BCUT2D eigenvalue weighted by molar-refractivity contribution is -0.141. The summed E-state index contributed by atoms with van der Waals surface area (Å²) in [5, 5.41) is 0.606. The first-order chi connectivity index (χ1) is 10.5. The molecule has 114 valence electrons. The van der Waals surface area contributed by atoms with Gasteiger partial charge in [-0.15, -0.1) is 0 Å². The average Bonchev–Trinajstić information content (AvgIpc) is 2.49. The first kappa shape index (κ1) is 16.5. The molecule has 22 heavy (non-hydrogen) atoms. The fourth-order valence-corrected chi connectivity index (χ4v) is 2.15. The Morgan fingerprint density at radius 1 is 1.05 bits per heavy atom. The zero-order valence-electron chi connectivity index (χ0n) is 11.3. The molecular formula is C16H11Cl2FO3. The molecule has 0 aliphatic rings. The second-order valence-electron chi connectivity index (χ2n) is 4.51. The summed E-state index contributed by atoms with van der Waals surface area (Å²) >= 11 is 11.7. The molecule has 0 spiro atoms. The number of rotatable bonds is 5. The van der Waals surface area contributed by atoms with Gasteiger partial charge >= 0.3 is 5.97 Å². The molecule has 0 radical (unpaired) electrons. The molecule has 0 aliphatic carbocycles. The summed E-state index contributed by atoms with van der Waals surface area (Å²) in [4.78, 5) is 23.6. The van der Waals surface area contributed by atoms with E-state index in [2.05, 4.69) is 0 Å². The molecule has 2 aromatic carbocycles. The molecule has 2 aromatic rings. The summed E-state index contributed by atoms with van der Waals surface area (Å²) in [5.74, 6) is -1.42. The highest BCUT2D eigenvalue weighted by molar-refractivity contribution is 6.36. The predicted molar refractivity (Wildman–Crippen MR) is 81.9 cm³/mol. The normalized spacial score (nSPS) is 10.3. The summed E-state index contributed by atoms with van der Waals surface area (Å²) in [6.07, 6.45) is -0.0448. The van der Waals surface area contributed by atoms with E-state index in [9.17, 15) is 14.0 Å². The minimum Gasteiger partial charge on any atom is -0.457 e. The van der Waals surface area contributed by atoms with Gasteiger partial charge in [0.25, 0.3) is 0 Å². The quantitative estimate of drug-likeness (QED) is 0.607. The van der Waals surface area contributed by atoms with Crippen LogP contribution in [0, 0.1) is 5.82 Å². The first-order valence-electron chi connectivity index (χ1n) is 6.34. The van der Waals surface area contributed by atoms with Gasteiger partial charge in [-0.25, -0.2) is 4.39 Å². The molecule has 0 atom stereocenters. The van der Waals surface area contributed by atoms with E-state index in [1.165, 1.54) is 36.4 Å². The van der Waals surface area contributed by atoms with Crippen molar-refractivity contribution in [1.29, 1.82) is 0 Å². The Hall–Kier alpha value is -1.91. The molecule has 0 amide bonds. The third kappa shape index (κ3) is 4.55. The van der Waals surface area contributed by atoms with E-state index in [-0.39, 0.29) is 22.8 Å². The third-order valence-corrected chi connectivity index (χ3v) is 3.42. The molecule has 2 rings (SSSR count). The van der Waals surface area contributed by atoms with Gasteiger partial charge in [-0.2, -0.15) is 0 Å². The van der Waals surface area contributed by atoms with E-state index in [1.807, 2.05) is 0 Å². The van der Waals surface area contributed by atoms with Gasteiger partial charge in [0.1, 0.15) is 5.82 Å². The predicted octanol–water partition coefficient (Wildman–Crippen LogP) is 4.10. The van der Waals surface area contributed by atoms with Gasteiger partial charge < -0.3 is 4.74 Å². The first-order valence-corrected chi connectivity index (χ1v) is 7.09. The SMILES string of the molecule is O=C(Cc1ccc(F)cc1)OCC(=O)c1cc(Cl)ccc1Cl. The molecule has 0 fully saturated rings. The van der Waals surface area contributed by atoms with Gasteiger partial charge in [0.2, 0.25) is 5.78 Å². The maximum absolute atomic E-state index is 12.8. The number of esters is 1. The van der Waals surface area contributed by atoms with Crippen LogP contribution in [0.15, 0.2) is 42.5 Å². The van der Waals surface area contributed by atoms with Crippen LogP contribution < -0.4 is 0 Å².